The van der Waals surface area contributed by atoms with Crippen LogP contribution < -0.4 is 9.47 Å². The van der Waals surface area contributed by atoms with Gasteiger partial charge in [-0.05, 0) is 67.3 Å². The first-order chi connectivity index (χ1) is 12.3. The molecule has 0 aromatic heterocycles. The van der Waals surface area contributed by atoms with Crippen LogP contribution in [-0.4, -0.2) is 12.5 Å². The van der Waals surface area contributed by atoms with Crippen LogP contribution in [0.1, 0.15) is 38.5 Å². The van der Waals surface area contributed by atoms with Gasteiger partial charge in [0.2, 0.25) is 0 Å². The smallest absolute Gasteiger partial charge is 0.261 e. The molecule has 1 fully saturated rings. The van der Waals surface area contributed by atoms with Crippen LogP contribution in [-0.2, 0) is 0 Å². The summed E-state index contributed by atoms with van der Waals surface area (Å²) in [5.41, 5.74) is 3.91. The van der Waals surface area contributed by atoms with E-state index in [4.69, 9.17) is 9.47 Å². The van der Waals surface area contributed by atoms with Gasteiger partial charge in [0, 0.05) is 4.90 Å². The van der Waals surface area contributed by atoms with Gasteiger partial charge in [-0.1, -0.05) is 42.7 Å². The van der Waals surface area contributed by atoms with Crippen LogP contribution in [0, 0.1) is 0 Å². The molecule has 1 atom stereocenters. The Morgan fingerprint density at radius 2 is 1.68 bits per heavy atom. The fraction of sp³-hybridized carbons (Fsp3) is 0.364. The van der Waals surface area contributed by atoms with Crippen LogP contribution in [0.5, 0.6) is 11.5 Å². The maximum absolute atomic E-state index is 6.08. The predicted molar refractivity (Wildman–Crippen MR) is 104 cm³/mol. The van der Waals surface area contributed by atoms with E-state index in [1.807, 2.05) is 6.07 Å². The van der Waals surface area contributed by atoms with Crippen molar-refractivity contribution in [1.82, 2.24) is 0 Å². The molecule has 1 aliphatic heterocycles. The molecule has 0 amide bonds. The van der Waals surface area contributed by atoms with Crippen molar-refractivity contribution < 1.29 is 9.47 Å². The molecule has 0 spiro atoms. The van der Waals surface area contributed by atoms with Crippen molar-refractivity contribution in [3.8, 4) is 22.6 Å². The van der Waals surface area contributed by atoms with Gasteiger partial charge in [-0.25, -0.2) is 0 Å². The second-order valence-electron chi connectivity index (χ2n) is 6.71. The van der Waals surface area contributed by atoms with E-state index in [2.05, 4.69) is 48.7 Å². The van der Waals surface area contributed by atoms with E-state index >= 15 is 0 Å². The normalized spacial score (nSPS) is 19.6. The molecular weight excluding hydrogens is 328 g/mol. The SMILES string of the molecule is CSc1ccccc1-c1ccc2c(c1)OC(C=C1CCCCCC1)O2. The number of benzene rings is 2. The zero-order chi connectivity index (χ0) is 17.1. The number of hydrogen-bond acceptors (Lipinski definition) is 3. The summed E-state index contributed by atoms with van der Waals surface area (Å²) in [7, 11) is 0. The summed E-state index contributed by atoms with van der Waals surface area (Å²) < 4.78 is 12.1. The summed E-state index contributed by atoms with van der Waals surface area (Å²) in [5, 5.41) is 0. The minimum Gasteiger partial charge on any atom is -0.447 e. The molecule has 1 aliphatic carbocycles. The first-order valence-corrected chi connectivity index (χ1v) is 10.4. The summed E-state index contributed by atoms with van der Waals surface area (Å²) in [6, 6.07) is 14.7. The van der Waals surface area contributed by atoms with Gasteiger partial charge in [0.1, 0.15) is 0 Å². The molecule has 2 aromatic rings. The lowest BCUT2D eigenvalue weighted by Crippen LogP contribution is -2.15. The number of thioether (sulfide) groups is 1. The van der Waals surface area contributed by atoms with Gasteiger partial charge in [0.15, 0.2) is 11.5 Å². The molecule has 0 saturated heterocycles. The molecule has 25 heavy (non-hydrogen) atoms. The van der Waals surface area contributed by atoms with Crippen molar-refractivity contribution in [1.29, 1.82) is 0 Å². The van der Waals surface area contributed by atoms with E-state index in [0.29, 0.717) is 0 Å². The quantitative estimate of drug-likeness (QED) is 0.359. The standard InChI is InChI=1S/C22H24O2S/c1-25-21-11-7-6-10-18(21)17-12-13-19-20(15-17)24-22(23-19)14-16-8-4-2-3-5-9-16/h6-7,10-15,22H,2-5,8-9H2,1H3. The van der Waals surface area contributed by atoms with Crippen molar-refractivity contribution in [2.45, 2.75) is 49.7 Å². The largest absolute Gasteiger partial charge is 0.447 e. The van der Waals surface area contributed by atoms with Crippen molar-refractivity contribution >= 4 is 11.8 Å². The van der Waals surface area contributed by atoms with Gasteiger partial charge >= 0.3 is 0 Å². The van der Waals surface area contributed by atoms with Crippen LogP contribution in [0.25, 0.3) is 11.1 Å². The Morgan fingerprint density at radius 3 is 2.48 bits per heavy atom. The summed E-state index contributed by atoms with van der Waals surface area (Å²) in [6.07, 6.45) is 11.7. The summed E-state index contributed by atoms with van der Waals surface area (Å²) in [5.74, 6) is 1.70. The Hall–Kier alpha value is -1.87. The number of rotatable bonds is 3. The first-order valence-electron chi connectivity index (χ1n) is 9.14. The Bertz CT molecular complexity index is 771. The van der Waals surface area contributed by atoms with E-state index in [-0.39, 0.29) is 6.29 Å². The predicted octanol–water partition coefficient (Wildman–Crippen LogP) is 6.45. The topological polar surface area (TPSA) is 18.5 Å². The van der Waals surface area contributed by atoms with Gasteiger partial charge in [0.05, 0.1) is 0 Å². The molecule has 1 saturated carbocycles. The Labute approximate surface area is 154 Å². The number of fused-ring (bicyclic) bond motifs is 1. The van der Waals surface area contributed by atoms with Crippen molar-refractivity contribution in [3.63, 3.8) is 0 Å². The van der Waals surface area contributed by atoms with Gasteiger partial charge in [-0.15, -0.1) is 11.8 Å². The molecule has 0 bridgehead atoms. The highest BCUT2D eigenvalue weighted by Gasteiger charge is 2.23. The van der Waals surface area contributed by atoms with Crippen molar-refractivity contribution in [3.05, 3.63) is 54.1 Å². The Balaban J connectivity index is 1.55. The molecule has 130 valence electrons. The van der Waals surface area contributed by atoms with Crippen LogP contribution in [0.2, 0.25) is 0 Å². The van der Waals surface area contributed by atoms with E-state index in [1.54, 1.807) is 11.8 Å². The minimum absolute atomic E-state index is 0.269. The number of allylic oxidation sites excluding steroid dienone is 1. The van der Waals surface area contributed by atoms with Gasteiger partial charge < -0.3 is 9.47 Å². The van der Waals surface area contributed by atoms with E-state index in [9.17, 15) is 0 Å². The van der Waals surface area contributed by atoms with Crippen LogP contribution >= 0.6 is 11.8 Å². The van der Waals surface area contributed by atoms with Crippen molar-refractivity contribution in [2.24, 2.45) is 0 Å². The third kappa shape index (κ3) is 3.72. The second-order valence-corrected chi connectivity index (χ2v) is 7.55. The Morgan fingerprint density at radius 1 is 0.920 bits per heavy atom. The molecule has 3 heteroatoms. The minimum atomic E-state index is -0.269. The average Bonchev–Trinajstić information content (AvgIpc) is 2.87. The molecule has 0 radical (unpaired) electrons. The monoisotopic (exact) mass is 352 g/mol. The van der Waals surface area contributed by atoms with Crippen LogP contribution in [0.4, 0.5) is 0 Å². The summed E-state index contributed by atoms with van der Waals surface area (Å²) in [6.45, 7) is 0. The molecule has 4 rings (SSSR count). The lowest BCUT2D eigenvalue weighted by atomic mass is 10.1. The van der Waals surface area contributed by atoms with Crippen LogP contribution in [0.3, 0.4) is 0 Å². The zero-order valence-electron chi connectivity index (χ0n) is 14.7. The fourth-order valence-electron chi connectivity index (χ4n) is 3.63. The van der Waals surface area contributed by atoms with E-state index in [1.165, 1.54) is 60.1 Å². The Kier molecular flexibility index (Phi) is 5.02. The molecule has 2 nitrogen and oxygen atoms in total. The molecular formula is C22H24O2S. The van der Waals surface area contributed by atoms with Crippen molar-refractivity contribution in [2.75, 3.05) is 6.26 Å². The molecule has 1 heterocycles. The van der Waals surface area contributed by atoms with E-state index < -0.39 is 0 Å². The molecule has 2 aromatic carbocycles. The lowest BCUT2D eigenvalue weighted by Gasteiger charge is -2.09. The van der Waals surface area contributed by atoms with Gasteiger partial charge in [-0.3, -0.25) is 0 Å². The molecule has 2 aliphatic rings. The maximum Gasteiger partial charge on any atom is 0.261 e. The summed E-state index contributed by atoms with van der Waals surface area (Å²) >= 11 is 1.77. The third-order valence-electron chi connectivity index (χ3n) is 4.97. The number of hydrogen-bond donors (Lipinski definition) is 0. The highest BCUT2D eigenvalue weighted by Crippen LogP contribution is 2.40. The molecule has 0 N–H and O–H groups in total. The number of ether oxygens (including phenoxy) is 2. The maximum atomic E-state index is 6.08. The zero-order valence-corrected chi connectivity index (χ0v) is 15.5. The lowest BCUT2D eigenvalue weighted by molar-refractivity contribution is 0.0940. The van der Waals surface area contributed by atoms with Gasteiger partial charge in [0.25, 0.3) is 6.29 Å². The first kappa shape index (κ1) is 16.6. The average molecular weight is 352 g/mol. The van der Waals surface area contributed by atoms with Gasteiger partial charge in [-0.2, -0.15) is 0 Å². The molecule has 1 unspecified atom stereocenters. The highest BCUT2D eigenvalue weighted by molar-refractivity contribution is 7.98. The third-order valence-corrected chi connectivity index (χ3v) is 5.76. The second kappa shape index (κ2) is 7.57. The fourth-order valence-corrected chi connectivity index (χ4v) is 4.25. The van der Waals surface area contributed by atoms with Crippen LogP contribution in [0.15, 0.2) is 59.0 Å². The summed E-state index contributed by atoms with van der Waals surface area (Å²) in [4.78, 5) is 1.28. The van der Waals surface area contributed by atoms with E-state index in [0.717, 1.165) is 11.5 Å². The highest BCUT2D eigenvalue weighted by atomic mass is 32.2.